The van der Waals surface area contributed by atoms with E-state index in [4.69, 9.17) is 0 Å². The molecule has 1 atom stereocenters. The summed E-state index contributed by atoms with van der Waals surface area (Å²) in [6, 6.07) is 6.07. The van der Waals surface area contributed by atoms with Gasteiger partial charge < -0.3 is 10.0 Å². The number of piperazine rings is 1. The van der Waals surface area contributed by atoms with Crippen LogP contribution in [0.3, 0.4) is 0 Å². The van der Waals surface area contributed by atoms with Crippen molar-refractivity contribution in [3.8, 4) is 0 Å². The summed E-state index contributed by atoms with van der Waals surface area (Å²) in [6.07, 6.45) is 0. The second kappa shape index (κ2) is 6.37. The van der Waals surface area contributed by atoms with Gasteiger partial charge in [0.25, 0.3) is 0 Å². The van der Waals surface area contributed by atoms with Gasteiger partial charge in [0, 0.05) is 32.7 Å². The molecule has 0 radical (unpaired) electrons. The van der Waals surface area contributed by atoms with E-state index in [0.717, 1.165) is 42.9 Å². The molecule has 0 spiro atoms. The molecule has 4 nitrogen and oxygen atoms in total. The molecular weight excluding hydrogens is 252 g/mol. The highest BCUT2D eigenvalue weighted by Crippen LogP contribution is 2.23. The summed E-state index contributed by atoms with van der Waals surface area (Å²) < 4.78 is 0. The van der Waals surface area contributed by atoms with Crippen LogP contribution in [0, 0.1) is 13.8 Å². The van der Waals surface area contributed by atoms with E-state index in [1.165, 1.54) is 0 Å². The predicted octanol–water partition coefficient (Wildman–Crippen LogP) is 1.72. The molecule has 1 aliphatic rings. The fourth-order valence-electron chi connectivity index (χ4n) is 2.73. The quantitative estimate of drug-likeness (QED) is 0.909. The molecule has 2 rings (SSSR count). The van der Waals surface area contributed by atoms with Crippen molar-refractivity contribution in [3.05, 3.63) is 34.9 Å². The van der Waals surface area contributed by atoms with Gasteiger partial charge >= 0.3 is 5.97 Å². The summed E-state index contributed by atoms with van der Waals surface area (Å²) in [4.78, 5) is 16.2. The highest BCUT2D eigenvalue weighted by molar-refractivity contribution is 5.77. The average molecular weight is 276 g/mol. The van der Waals surface area contributed by atoms with Crippen LogP contribution in [0.25, 0.3) is 0 Å². The van der Waals surface area contributed by atoms with Gasteiger partial charge in [0.15, 0.2) is 0 Å². The minimum Gasteiger partial charge on any atom is -0.481 e. The Balaban J connectivity index is 2.15. The average Bonchev–Trinajstić information content (AvgIpc) is 2.41. The van der Waals surface area contributed by atoms with Crippen molar-refractivity contribution in [1.82, 2.24) is 9.80 Å². The molecule has 1 aromatic carbocycles. The molecule has 110 valence electrons. The first-order chi connectivity index (χ1) is 9.47. The third kappa shape index (κ3) is 3.58. The van der Waals surface area contributed by atoms with Crippen LogP contribution >= 0.6 is 0 Å². The van der Waals surface area contributed by atoms with E-state index in [2.05, 4.69) is 16.8 Å². The van der Waals surface area contributed by atoms with Crippen molar-refractivity contribution in [1.29, 1.82) is 0 Å². The summed E-state index contributed by atoms with van der Waals surface area (Å²) in [5.41, 5.74) is 3.14. The summed E-state index contributed by atoms with van der Waals surface area (Å²) in [5.74, 6) is -1.16. The van der Waals surface area contributed by atoms with E-state index in [1.807, 2.05) is 32.0 Å². The molecule has 1 saturated heterocycles. The number of hydrogen-bond acceptors (Lipinski definition) is 3. The third-order valence-electron chi connectivity index (χ3n) is 4.14. The fourth-order valence-corrected chi connectivity index (χ4v) is 2.73. The van der Waals surface area contributed by atoms with Crippen molar-refractivity contribution in [2.24, 2.45) is 0 Å². The third-order valence-corrected chi connectivity index (χ3v) is 4.14. The van der Waals surface area contributed by atoms with Crippen molar-refractivity contribution in [2.45, 2.75) is 19.8 Å². The van der Waals surface area contributed by atoms with Gasteiger partial charge in [-0.25, -0.2) is 0 Å². The monoisotopic (exact) mass is 276 g/mol. The molecule has 0 saturated carbocycles. The molecule has 0 amide bonds. The Morgan fingerprint density at radius 3 is 2.50 bits per heavy atom. The summed E-state index contributed by atoms with van der Waals surface area (Å²) in [6.45, 7) is 8.54. The normalized spacial score (nSPS) is 18.9. The maximum Gasteiger partial charge on any atom is 0.312 e. The van der Waals surface area contributed by atoms with Gasteiger partial charge in [0.05, 0.1) is 5.92 Å². The van der Waals surface area contributed by atoms with E-state index in [0.29, 0.717) is 6.54 Å². The Kier molecular flexibility index (Phi) is 4.78. The number of carboxylic acid groups (broad SMARTS) is 1. The smallest absolute Gasteiger partial charge is 0.312 e. The molecule has 20 heavy (non-hydrogen) atoms. The first kappa shape index (κ1) is 15.0. The molecule has 1 aliphatic heterocycles. The van der Waals surface area contributed by atoms with Gasteiger partial charge in [-0.2, -0.15) is 0 Å². The molecule has 0 aromatic heterocycles. The van der Waals surface area contributed by atoms with Gasteiger partial charge in [0.1, 0.15) is 0 Å². The maximum absolute atomic E-state index is 11.7. The van der Waals surface area contributed by atoms with Gasteiger partial charge in [-0.05, 0) is 32.0 Å². The van der Waals surface area contributed by atoms with Crippen LogP contribution in [0.5, 0.6) is 0 Å². The van der Waals surface area contributed by atoms with Gasteiger partial charge in [-0.3, -0.25) is 9.69 Å². The van der Waals surface area contributed by atoms with E-state index < -0.39 is 11.9 Å². The summed E-state index contributed by atoms with van der Waals surface area (Å²) in [5, 5.41) is 9.59. The zero-order valence-corrected chi connectivity index (χ0v) is 12.6. The highest BCUT2D eigenvalue weighted by Gasteiger charge is 2.26. The van der Waals surface area contributed by atoms with Crippen LogP contribution in [-0.4, -0.2) is 60.6 Å². The number of carbonyl (C=O) groups is 1. The van der Waals surface area contributed by atoms with Crippen LogP contribution in [0.15, 0.2) is 18.2 Å². The number of aryl methyl sites for hydroxylation is 2. The van der Waals surface area contributed by atoms with Crippen LogP contribution in [0.4, 0.5) is 0 Å². The molecule has 4 heteroatoms. The van der Waals surface area contributed by atoms with Crippen molar-refractivity contribution in [2.75, 3.05) is 39.8 Å². The number of benzene rings is 1. The number of nitrogens with zero attached hydrogens (tertiary/aromatic N) is 2. The second-order valence-corrected chi connectivity index (χ2v) is 5.85. The lowest BCUT2D eigenvalue weighted by atomic mass is 9.92. The Bertz CT molecular complexity index is 479. The summed E-state index contributed by atoms with van der Waals surface area (Å²) >= 11 is 0. The second-order valence-electron chi connectivity index (χ2n) is 5.85. The molecule has 1 heterocycles. The van der Waals surface area contributed by atoms with Crippen LogP contribution < -0.4 is 0 Å². The van der Waals surface area contributed by atoms with Crippen molar-refractivity contribution >= 4 is 5.97 Å². The number of hydrogen-bond donors (Lipinski definition) is 1. The maximum atomic E-state index is 11.7. The standard InChI is InChI=1S/C16H24N2O2/c1-12-4-5-13(2)14(10-12)15(16(19)20)11-18-8-6-17(3)7-9-18/h4-5,10,15H,6-9,11H2,1-3H3,(H,19,20). The lowest BCUT2D eigenvalue weighted by molar-refractivity contribution is -0.139. The van der Waals surface area contributed by atoms with Crippen LogP contribution in [-0.2, 0) is 4.79 Å². The van der Waals surface area contributed by atoms with Crippen molar-refractivity contribution in [3.63, 3.8) is 0 Å². The van der Waals surface area contributed by atoms with E-state index in [1.54, 1.807) is 0 Å². The minimum absolute atomic E-state index is 0.432. The van der Waals surface area contributed by atoms with Crippen LogP contribution in [0.1, 0.15) is 22.6 Å². The Hall–Kier alpha value is -1.39. The van der Waals surface area contributed by atoms with Crippen molar-refractivity contribution < 1.29 is 9.90 Å². The lowest BCUT2D eigenvalue weighted by Crippen LogP contribution is -2.46. The number of rotatable bonds is 4. The molecule has 0 bridgehead atoms. The summed E-state index contributed by atoms with van der Waals surface area (Å²) in [7, 11) is 2.11. The lowest BCUT2D eigenvalue weighted by Gasteiger charge is -2.34. The first-order valence-corrected chi connectivity index (χ1v) is 7.18. The van der Waals surface area contributed by atoms with Gasteiger partial charge in [-0.1, -0.05) is 23.8 Å². The molecule has 0 aliphatic carbocycles. The molecule has 1 N–H and O–H groups in total. The fraction of sp³-hybridized carbons (Fsp3) is 0.562. The Labute approximate surface area is 121 Å². The Morgan fingerprint density at radius 1 is 1.25 bits per heavy atom. The van der Waals surface area contributed by atoms with Crippen LogP contribution in [0.2, 0.25) is 0 Å². The first-order valence-electron chi connectivity index (χ1n) is 7.18. The number of aliphatic carboxylic acids is 1. The minimum atomic E-state index is -0.724. The van der Waals surface area contributed by atoms with Gasteiger partial charge in [-0.15, -0.1) is 0 Å². The molecule has 1 aromatic rings. The topological polar surface area (TPSA) is 43.8 Å². The number of carboxylic acids is 1. The zero-order valence-electron chi connectivity index (χ0n) is 12.6. The molecule has 1 unspecified atom stereocenters. The zero-order chi connectivity index (χ0) is 14.7. The van der Waals surface area contributed by atoms with E-state index in [-0.39, 0.29) is 0 Å². The van der Waals surface area contributed by atoms with E-state index in [9.17, 15) is 9.90 Å². The SMILES string of the molecule is Cc1ccc(C)c(C(CN2CCN(C)CC2)C(=O)O)c1. The largest absolute Gasteiger partial charge is 0.481 e. The van der Waals surface area contributed by atoms with Gasteiger partial charge in [0.2, 0.25) is 0 Å². The number of likely N-dealkylation sites (N-methyl/N-ethyl adjacent to an activating group) is 1. The van der Waals surface area contributed by atoms with E-state index >= 15 is 0 Å². The molecular formula is C16H24N2O2. The predicted molar refractivity (Wildman–Crippen MR) is 80.2 cm³/mol. The Morgan fingerprint density at radius 2 is 1.90 bits per heavy atom. The highest BCUT2D eigenvalue weighted by atomic mass is 16.4. The molecule has 1 fully saturated rings.